The molecule has 0 aliphatic carbocycles. The van der Waals surface area contributed by atoms with Gasteiger partial charge >= 0.3 is 0 Å². The molecule has 2 heteroatoms. The summed E-state index contributed by atoms with van der Waals surface area (Å²) in [5, 5.41) is 0. The fraction of sp³-hybridized carbons (Fsp3) is 1.00. The molecule has 0 saturated carbocycles. The Hall–Kier alpha value is -0.0800. The van der Waals surface area contributed by atoms with E-state index in [0.717, 1.165) is 32.2 Å². The van der Waals surface area contributed by atoms with Gasteiger partial charge in [0.1, 0.15) is 0 Å². The predicted octanol–water partition coefficient (Wildman–Crippen LogP) is 2.02. The smallest absolute Gasteiger partial charge is 0.0154 e. The van der Waals surface area contributed by atoms with Crippen LogP contribution in [-0.2, 0) is 0 Å². The van der Waals surface area contributed by atoms with Crippen molar-refractivity contribution in [1.29, 1.82) is 0 Å². The Bertz CT molecular complexity index is 96.0. The van der Waals surface area contributed by atoms with Crippen molar-refractivity contribution in [1.82, 2.24) is 0 Å². The van der Waals surface area contributed by atoms with Gasteiger partial charge in [0.05, 0.1) is 0 Å². The Morgan fingerprint density at radius 2 is 1.50 bits per heavy atom. The summed E-state index contributed by atoms with van der Waals surface area (Å²) in [6, 6.07) is 0. The van der Waals surface area contributed by atoms with Gasteiger partial charge in [-0.3, -0.25) is 0 Å². The van der Waals surface area contributed by atoms with Crippen molar-refractivity contribution in [3.8, 4) is 0 Å². The molecule has 0 heterocycles. The summed E-state index contributed by atoms with van der Waals surface area (Å²) in [7, 11) is 0. The summed E-state index contributed by atoms with van der Waals surface area (Å²) in [5.74, 6) is 0. The van der Waals surface area contributed by atoms with Crippen LogP contribution in [0.2, 0.25) is 0 Å². The molecule has 4 N–H and O–H groups in total. The van der Waals surface area contributed by atoms with Crippen LogP contribution < -0.4 is 11.5 Å². The van der Waals surface area contributed by atoms with E-state index in [1.807, 2.05) is 0 Å². The minimum atomic E-state index is 0.0723. The van der Waals surface area contributed by atoms with Gasteiger partial charge in [0.2, 0.25) is 0 Å². The molecular weight excluding hydrogens is 148 g/mol. The molecule has 0 aliphatic heterocycles. The highest BCUT2D eigenvalue weighted by Crippen LogP contribution is 2.21. The van der Waals surface area contributed by atoms with Crippen LogP contribution in [0, 0.1) is 0 Å². The minimum Gasteiger partial charge on any atom is -0.330 e. The molecule has 0 aromatic rings. The van der Waals surface area contributed by atoms with Gasteiger partial charge in [-0.05, 0) is 32.2 Å². The van der Waals surface area contributed by atoms with Gasteiger partial charge in [0, 0.05) is 5.54 Å². The molecule has 0 aliphatic rings. The van der Waals surface area contributed by atoms with Crippen LogP contribution in [-0.4, -0.2) is 12.1 Å². The molecule has 0 amide bonds. The van der Waals surface area contributed by atoms with Crippen LogP contribution in [0.25, 0.3) is 0 Å². The van der Waals surface area contributed by atoms with Crippen LogP contribution in [0.3, 0.4) is 0 Å². The lowest BCUT2D eigenvalue weighted by molar-refractivity contribution is 0.327. The van der Waals surface area contributed by atoms with Crippen LogP contribution >= 0.6 is 0 Å². The number of nitrogens with two attached hydrogens (primary N) is 2. The Labute approximate surface area is 76.7 Å². The molecule has 74 valence electrons. The summed E-state index contributed by atoms with van der Waals surface area (Å²) in [6.07, 6.45) is 6.80. The number of hydrogen-bond acceptors (Lipinski definition) is 2. The van der Waals surface area contributed by atoms with Crippen LogP contribution in [0.1, 0.15) is 52.4 Å². The molecule has 0 aromatic heterocycles. The SMILES string of the molecule is CCCC(N)(CCC)CCCN. The highest BCUT2D eigenvalue weighted by molar-refractivity contribution is 4.82. The lowest BCUT2D eigenvalue weighted by Crippen LogP contribution is -2.39. The van der Waals surface area contributed by atoms with Gasteiger partial charge in [-0.25, -0.2) is 0 Å². The second-order valence-corrected chi connectivity index (χ2v) is 3.75. The molecule has 0 fully saturated rings. The molecular formula is C10H24N2. The highest BCUT2D eigenvalue weighted by Gasteiger charge is 2.21. The molecule has 0 rings (SSSR count). The summed E-state index contributed by atoms with van der Waals surface area (Å²) >= 11 is 0. The Kier molecular flexibility index (Phi) is 6.39. The molecule has 12 heavy (non-hydrogen) atoms. The maximum Gasteiger partial charge on any atom is 0.0154 e. The fourth-order valence-corrected chi connectivity index (χ4v) is 1.82. The summed E-state index contributed by atoms with van der Waals surface area (Å²) < 4.78 is 0. The standard InChI is InChI=1S/C10H24N2/c1-3-6-10(12,7-4-2)8-5-9-11/h3-9,11-12H2,1-2H3. The van der Waals surface area contributed by atoms with Crippen molar-refractivity contribution in [3.05, 3.63) is 0 Å². The first-order chi connectivity index (χ1) is 5.68. The number of hydrogen-bond donors (Lipinski definition) is 2. The van der Waals surface area contributed by atoms with Crippen molar-refractivity contribution in [3.63, 3.8) is 0 Å². The fourth-order valence-electron chi connectivity index (χ4n) is 1.82. The maximum absolute atomic E-state index is 6.25. The first-order valence-electron chi connectivity index (χ1n) is 5.17. The van der Waals surface area contributed by atoms with Crippen molar-refractivity contribution in [2.24, 2.45) is 11.5 Å². The zero-order valence-electron chi connectivity index (χ0n) is 8.60. The largest absolute Gasteiger partial charge is 0.330 e. The van der Waals surface area contributed by atoms with E-state index in [-0.39, 0.29) is 5.54 Å². The quantitative estimate of drug-likeness (QED) is 0.617. The first-order valence-corrected chi connectivity index (χ1v) is 5.17. The minimum absolute atomic E-state index is 0.0723. The van der Waals surface area contributed by atoms with Gasteiger partial charge in [0.15, 0.2) is 0 Å². The van der Waals surface area contributed by atoms with Gasteiger partial charge < -0.3 is 11.5 Å². The van der Waals surface area contributed by atoms with E-state index in [0.29, 0.717) is 0 Å². The third-order valence-corrected chi connectivity index (χ3v) is 2.37. The monoisotopic (exact) mass is 172 g/mol. The van der Waals surface area contributed by atoms with Gasteiger partial charge in [-0.1, -0.05) is 26.7 Å². The lowest BCUT2D eigenvalue weighted by atomic mass is 9.85. The van der Waals surface area contributed by atoms with E-state index in [1.54, 1.807) is 0 Å². The van der Waals surface area contributed by atoms with Gasteiger partial charge in [-0.2, -0.15) is 0 Å². The molecule has 0 bridgehead atoms. The topological polar surface area (TPSA) is 52.0 Å². The zero-order chi connectivity index (χ0) is 9.45. The van der Waals surface area contributed by atoms with Crippen molar-refractivity contribution in [2.45, 2.75) is 57.9 Å². The normalized spacial score (nSPS) is 12.0. The van der Waals surface area contributed by atoms with E-state index in [9.17, 15) is 0 Å². The van der Waals surface area contributed by atoms with Crippen LogP contribution in [0.4, 0.5) is 0 Å². The van der Waals surface area contributed by atoms with E-state index < -0.39 is 0 Å². The summed E-state index contributed by atoms with van der Waals surface area (Å²) in [4.78, 5) is 0. The lowest BCUT2D eigenvalue weighted by Gasteiger charge is -2.28. The van der Waals surface area contributed by atoms with E-state index >= 15 is 0 Å². The van der Waals surface area contributed by atoms with Crippen molar-refractivity contribution in [2.75, 3.05) is 6.54 Å². The maximum atomic E-state index is 6.25. The van der Waals surface area contributed by atoms with Crippen molar-refractivity contribution >= 4 is 0 Å². The molecule has 0 unspecified atom stereocenters. The average Bonchev–Trinajstić information content (AvgIpc) is 2.02. The second kappa shape index (κ2) is 6.44. The van der Waals surface area contributed by atoms with Crippen LogP contribution in [0.5, 0.6) is 0 Å². The first kappa shape index (κ1) is 11.9. The molecule has 0 atom stereocenters. The molecule has 0 spiro atoms. The molecule has 2 nitrogen and oxygen atoms in total. The highest BCUT2D eigenvalue weighted by atomic mass is 14.7. The Morgan fingerprint density at radius 3 is 1.83 bits per heavy atom. The molecule has 0 aromatic carbocycles. The predicted molar refractivity (Wildman–Crippen MR) is 55.0 cm³/mol. The zero-order valence-corrected chi connectivity index (χ0v) is 8.60. The Balaban J connectivity index is 3.80. The van der Waals surface area contributed by atoms with E-state index in [1.165, 1.54) is 12.8 Å². The third-order valence-electron chi connectivity index (χ3n) is 2.37. The third kappa shape index (κ3) is 4.73. The summed E-state index contributed by atoms with van der Waals surface area (Å²) in [6.45, 7) is 5.16. The van der Waals surface area contributed by atoms with Gasteiger partial charge in [-0.15, -0.1) is 0 Å². The van der Waals surface area contributed by atoms with Crippen LogP contribution in [0.15, 0.2) is 0 Å². The second-order valence-electron chi connectivity index (χ2n) is 3.75. The molecule has 0 radical (unpaired) electrons. The Morgan fingerprint density at radius 1 is 1.00 bits per heavy atom. The summed E-state index contributed by atoms with van der Waals surface area (Å²) in [5.41, 5.74) is 11.8. The van der Waals surface area contributed by atoms with Crippen molar-refractivity contribution < 1.29 is 0 Å². The molecule has 0 saturated heterocycles. The van der Waals surface area contributed by atoms with E-state index in [4.69, 9.17) is 11.5 Å². The van der Waals surface area contributed by atoms with E-state index in [2.05, 4.69) is 13.8 Å². The number of rotatable bonds is 7. The average molecular weight is 172 g/mol. The van der Waals surface area contributed by atoms with Gasteiger partial charge in [0.25, 0.3) is 0 Å².